The highest BCUT2D eigenvalue weighted by Crippen LogP contribution is 2.25. The fourth-order valence-corrected chi connectivity index (χ4v) is 2.78. The van der Waals surface area contributed by atoms with Crippen molar-refractivity contribution in [2.75, 3.05) is 38.8 Å². The molecule has 1 saturated heterocycles. The first-order valence-corrected chi connectivity index (χ1v) is 7.54. The lowest BCUT2D eigenvalue weighted by Crippen LogP contribution is -2.50. The molecule has 0 atom stereocenters. The van der Waals surface area contributed by atoms with Crippen LogP contribution in [-0.4, -0.2) is 48.9 Å². The Kier molecular flexibility index (Phi) is 5.05. The predicted octanol–water partition coefficient (Wildman–Crippen LogP) is 1.81. The number of aryl methyl sites for hydroxylation is 2. The first kappa shape index (κ1) is 15.3. The third kappa shape index (κ3) is 3.52. The highest BCUT2D eigenvalue weighted by molar-refractivity contribution is 5.34. The van der Waals surface area contributed by atoms with Gasteiger partial charge < -0.3 is 19.5 Å². The van der Waals surface area contributed by atoms with E-state index in [-0.39, 0.29) is 5.54 Å². The Hall–Kier alpha value is -1.07. The van der Waals surface area contributed by atoms with E-state index in [4.69, 9.17) is 9.72 Å². The monoisotopic (exact) mass is 280 g/mol. The van der Waals surface area contributed by atoms with Gasteiger partial charge in [0.2, 0.25) is 5.95 Å². The molecule has 0 saturated carbocycles. The smallest absolute Gasteiger partial charge is 0.205 e. The normalized spacial score (nSPS) is 18.5. The van der Waals surface area contributed by atoms with Crippen molar-refractivity contribution in [1.29, 1.82) is 0 Å². The quantitative estimate of drug-likeness (QED) is 0.807. The zero-order chi connectivity index (χ0) is 14.6. The highest BCUT2D eigenvalue weighted by Gasteiger charge is 2.29. The first-order chi connectivity index (χ1) is 9.58. The van der Waals surface area contributed by atoms with Gasteiger partial charge in [0.05, 0.1) is 5.69 Å². The second-order valence-corrected chi connectivity index (χ2v) is 6.02. The number of hydrogen-bond donors (Lipinski definition) is 1. The van der Waals surface area contributed by atoms with E-state index in [1.54, 1.807) is 7.11 Å². The van der Waals surface area contributed by atoms with Crippen LogP contribution in [0.3, 0.4) is 0 Å². The average Bonchev–Trinajstić information content (AvgIpc) is 2.81. The summed E-state index contributed by atoms with van der Waals surface area (Å²) >= 11 is 0. The number of nitrogens with zero attached hydrogens (tertiary/aromatic N) is 3. The third-order valence-electron chi connectivity index (χ3n) is 4.38. The minimum Gasteiger partial charge on any atom is -0.385 e. The third-order valence-corrected chi connectivity index (χ3v) is 4.38. The number of imidazole rings is 1. The Balaban J connectivity index is 2.02. The molecule has 20 heavy (non-hydrogen) atoms. The van der Waals surface area contributed by atoms with Crippen LogP contribution in [0.5, 0.6) is 0 Å². The van der Waals surface area contributed by atoms with Crippen molar-refractivity contribution in [2.45, 2.75) is 45.2 Å². The standard InChI is InChI=1S/C15H28N4O/c1-13-12-19(8-5-11-20-4)14(17-13)18-9-6-15(2,16-3)7-10-18/h12,16H,5-11H2,1-4H3. The topological polar surface area (TPSA) is 42.3 Å². The minimum atomic E-state index is 0.277. The van der Waals surface area contributed by atoms with Crippen molar-refractivity contribution < 1.29 is 4.74 Å². The van der Waals surface area contributed by atoms with Crippen molar-refractivity contribution in [3.05, 3.63) is 11.9 Å². The zero-order valence-electron chi connectivity index (χ0n) is 13.3. The summed E-state index contributed by atoms with van der Waals surface area (Å²) in [6, 6.07) is 0. The van der Waals surface area contributed by atoms with E-state index >= 15 is 0 Å². The van der Waals surface area contributed by atoms with Gasteiger partial charge in [0.25, 0.3) is 0 Å². The highest BCUT2D eigenvalue weighted by atomic mass is 16.5. The van der Waals surface area contributed by atoms with Crippen LogP contribution < -0.4 is 10.2 Å². The summed E-state index contributed by atoms with van der Waals surface area (Å²) in [4.78, 5) is 7.13. The van der Waals surface area contributed by atoms with Gasteiger partial charge in [-0.2, -0.15) is 0 Å². The number of nitrogens with one attached hydrogen (secondary N) is 1. The van der Waals surface area contributed by atoms with Gasteiger partial charge in [-0.3, -0.25) is 0 Å². The molecule has 114 valence electrons. The molecule has 0 spiro atoms. The Morgan fingerprint density at radius 1 is 1.40 bits per heavy atom. The Morgan fingerprint density at radius 2 is 2.10 bits per heavy atom. The van der Waals surface area contributed by atoms with Crippen LogP contribution in [0.2, 0.25) is 0 Å². The van der Waals surface area contributed by atoms with Crippen molar-refractivity contribution in [2.24, 2.45) is 0 Å². The summed E-state index contributed by atoms with van der Waals surface area (Å²) in [6.45, 7) is 8.28. The van der Waals surface area contributed by atoms with Gasteiger partial charge in [-0.15, -0.1) is 0 Å². The van der Waals surface area contributed by atoms with Gasteiger partial charge in [0.1, 0.15) is 0 Å². The van der Waals surface area contributed by atoms with E-state index < -0.39 is 0 Å². The Labute approximate surface area is 122 Å². The molecule has 0 radical (unpaired) electrons. The molecule has 2 heterocycles. The summed E-state index contributed by atoms with van der Waals surface area (Å²) in [5.74, 6) is 1.12. The van der Waals surface area contributed by atoms with Crippen molar-refractivity contribution in [3.8, 4) is 0 Å². The number of ether oxygens (including phenoxy) is 1. The lowest BCUT2D eigenvalue weighted by atomic mass is 9.90. The molecule has 0 amide bonds. The fourth-order valence-electron chi connectivity index (χ4n) is 2.78. The molecular formula is C15H28N4O. The number of methoxy groups -OCH3 is 1. The molecule has 1 aromatic heterocycles. The SMILES string of the molecule is CNC1(C)CCN(c2nc(C)cn2CCCOC)CC1. The minimum absolute atomic E-state index is 0.277. The maximum atomic E-state index is 5.14. The number of piperidine rings is 1. The van der Waals surface area contributed by atoms with E-state index in [1.807, 2.05) is 0 Å². The van der Waals surface area contributed by atoms with Crippen LogP contribution in [0.15, 0.2) is 6.20 Å². The molecular weight excluding hydrogens is 252 g/mol. The molecule has 5 heteroatoms. The lowest BCUT2D eigenvalue weighted by molar-refractivity contribution is 0.190. The largest absolute Gasteiger partial charge is 0.385 e. The van der Waals surface area contributed by atoms with Gasteiger partial charge in [-0.25, -0.2) is 4.98 Å². The van der Waals surface area contributed by atoms with E-state index in [0.717, 1.165) is 57.1 Å². The van der Waals surface area contributed by atoms with Crippen molar-refractivity contribution in [1.82, 2.24) is 14.9 Å². The number of hydrogen-bond acceptors (Lipinski definition) is 4. The molecule has 1 aliphatic heterocycles. The molecule has 1 N–H and O–H groups in total. The molecule has 0 bridgehead atoms. The van der Waals surface area contributed by atoms with Crippen LogP contribution in [0.1, 0.15) is 31.9 Å². The van der Waals surface area contributed by atoms with Gasteiger partial charge >= 0.3 is 0 Å². The number of rotatable bonds is 6. The van der Waals surface area contributed by atoms with E-state index in [2.05, 4.69) is 41.9 Å². The molecule has 5 nitrogen and oxygen atoms in total. The Bertz CT molecular complexity index is 422. The zero-order valence-corrected chi connectivity index (χ0v) is 13.3. The predicted molar refractivity (Wildman–Crippen MR) is 82.4 cm³/mol. The van der Waals surface area contributed by atoms with Gasteiger partial charge in [-0.1, -0.05) is 0 Å². The molecule has 0 aromatic carbocycles. The van der Waals surface area contributed by atoms with Gasteiger partial charge in [0.15, 0.2) is 0 Å². The Morgan fingerprint density at radius 3 is 2.70 bits per heavy atom. The summed E-state index contributed by atoms with van der Waals surface area (Å²) in [5, 5.41) is 3.44. The second-order valence-electron chi connectivity index (χ2n) is 6.02. The van der Waals surface area contributed by atoms with E-state index in [0.29, 0.717) is 0 Å². The molecule has 1 aromatic rings. The first-order valence-electron chi connectivity index (χ1n) is 7.54. The van der Waals surface area contributed by atoms with Crippen LogP contribution >= 0.6 is 0 Å². The number of anilines is 1. The lowest BCUT2D eigenvalue weighted by Gasteiger charge is -2.39. The molecule has 2 rings (SSSR count). The maximum Gasteiger partial charge on any atom is 0.205 e. The van der Waals surface area contributed by atoms with Crippen molar-refractivity contribution in [3.63, 3.8) is 0 Å². The van der Waals surface area contributed by atoms with E-state index in [9.17, 15) is 0 Å². The summed E-state index contributed by atoms with van der Waals surface area (Å²) in [6.07, 6.45) is 5.50. The van der Waals surface area contributed by atoms with Crippen LogP contribution in [-0.2, 0) is 11.3 Å². The second kappa shape index (κ2) is 6.59. The molecule has 1 aliphatic rings. The molecule has 0 aliphatic carbocycles. The summed E-state index contributed by atoms with van der Waals surface area (Å²) < 4.78 is 7.42. The van der Waals surface area contributed by atoms with Crippen LogP contribution in [0.25, 0.3) is 0 Å². The average molecular weight is 280 g/mol. The molecule has 1 fully saturated rings. The maximum absolute atomic E-state index is 5.14. The summed E-state index contributed by atoms with van der Waals surface area (Å²) in [7, 11) is 3.81. The van der Waals surface area contributed by atoms with Gasteiger partial charge in [-0.05, 0) is 40.2 Å². The van der Waals surface area contributed by atoms with Crippen molar-refractivity contribution >= 4 is 5.95 Å². The summed E-state index contributed by atoms with van der Waals surface area (Å²) in [5.41, 5.74) is 1.37. The molecule has 0 unspecified atom stereocenters. The van der Waals surface area contributed by atoms with Crippen LogP contribution in [0.4, 0.5) is 5.95 Å². The fraction of sp³-hybridized carbons (Fsp3) is 0.800. The van der Waals surface area contributed by atoms with E-state index in [1.165, 1.54) is 0 Å². The number of aromatic nitrogens is 2. The van der Waals surface area contributed by atoms with Gasteiger partial charge in [0, 0.05) is 45.1 Å². The van der Waals surface area contributed by atoms with Crippen LogP contribution in [0, 0.1) is 6.92 Å².